The largest absolute Gasteiger partial charge is 0.373 e. The van der Waals surface area contributed by atoms with Gasteiger partial charge in [-0.2, -0.15) is 0 Å². The summed E-state index contributed by atoms with van der Waals surface area (Å²) in [5.41, 5.74) is 0. The molecular weight excluding hydrogens is 212 g/mol. The summed E-state index contributed by atoms with van der Waals surface area (Å²) in [7, 11) is 2.25. The van der Waals surface area contributed by atoms with Gasteiger partial charge in [-0.1, -0.05) is 0 Å². The zero-order valence-corrected chi connectivity index (χ0v) is 11.2. The molecule has 3 heteroatoms. The molecule has 17 heavy (non-hydrogen) atoms. The maximum absolute atomic E-state index is 5.92. The highest BCUT2D eigenvalue weighted by atomic mass is 16.5. The molecule has 5 atom stereocenters. The topological polar surface area (TPSA) is 24.5 Å². The van der Waals surface area contributed by atoms with Crippen molar-refractivity contribution >= 4 is 0 Å². The molecule has 98 valence electrons. The molecule has 0 amide bonds. The molecule has 0 radical (unpaired) electrons. The van der Waals surface area contributed by atoms with E-state index in [-0.39, 0.29) is 0 Å². The van der Waals surface area contributed by atoms with Gasteiger partial charge in [0.1, 0.15) is 0 Å². The maximum atomic E-state index is 5.92. The van der Waals surface area contributed by atoms with Gasteiger partial charge in [-0.3, -0.25) is 0 Å². The van der Waals surface area contributed by atoms with E-state index in [2.05, 4.69) is 24.2 Å². The Morgan fingerprint density at radius 2 is 2.18 bits per heavy atom. The molecule has 5 unspecified atom stereocenters. The van der Waals surface area contributed by atoms with Crippen LogP contribution in [0.5, 0.6) is 0 Å². The Balaban J connectivity index is 1.51. The fourth-order valence-electron chi connectivity index (χ4n) is 3.90. The molecule has 3 rings (SSSR count). The number of fused-ring (bicyclic) bond motifs is 2. The molecule has 1 N–H and O–H groups in total. The second-order valence-corrected chi connectivity index (χ2v) is 6.34. The van der Waals surface area contributed by atoms with E-state index in [1.807, 2.05) is 0 Å². The van der Waals surface area contributed by atoms with Gasteiger partial charge in [-0.05, 0) is 58.5 Å². The lowest BCUT2D eigenvalue weighted by Gasteiger charge is -2.36. The second kappa shape index (κ2) is 4.87. The normalized spacial score (nSPS) is 44.1. The summed E-state index contributed by atoms with van der Waals surface area (Å²) < 4.78 is 5.92. The molecule has 0 aromatic rings. The average molecular weight is 238 g/mol. The lowest BCUT2D eigenvalue weighted by Crippen LogP contribution is -2.49. The minimum absolute atomic E-state index is 0.517. The Bertz CT molecular complexity index is 271. The number of ether oxygens (including phenoxy) is 1. The predicted molar refractivity (Wildman–Crippen MR) is 69.1 cm³/mol. The van der Waals surface area contributed by atoms with Gasteiger partial charge in [-0.25, -0.2) is 0 Å². The smallest absolute Gasteiger partial charge is 0.0733 e. The van der Waals surface area contributed by atoms with Gasteiger partial charge in [-0.15, -0.1) is 0 Å². The van der Waals surface area contributed by atoms with Gasteiger partial charge in [0.25, 0.3) is 0 Å². The minimum Gasteiger partial charge on any atom is -0.373 e. The SMILES string of the molecule is CC(NC1CC2CCC1O2)C1CCCN(C)C1. The first-order valence-electron chi connectivity index (χ1n) is 7.32. The first-order chi connectivity index (χ1) is 8.22. The lowest BCUT2D eigenvalue weighted by molar-refractivity contribution is 0.0927. The highest BCUT2D eigenvalue weighted by molar-refractivity contribution is 4.95. The molecule has 2 bridgehead atoms. The van der Waals surface area contributed by atoms with Crippen molar-refractivity contribution in [1.82, 2.24) is 10.2 Å². The third kappa shape index (κ3) is 2.51. The van der Waals surface area contributed by atoms with Crippen LogP contribution in [0.3, 0.4) is 0 Å². The number of piperidine rings is 1. The third-order valence-electron chi connectivity index (χ3n) is 4.95. The van der Waals surface area contributed by atoms with Crippen molar-refractivity contribution in [2.45, 2.75) is 63.3 Å². The summed E-state index contributed by atoms with van der Waals surface area (Å²) in [5.74, 6) is 0.827. The Hall–Kier alpha value is -0.120. The van der Waals surface area contributed by atoms with Gasteiger partial charge in [0.15, 0.2) is 0 Å². The molecule has 0 saturated carbocycles. The van der Waals surface area contributed by atoms with Crippen LogP contribution >= 0.6 is 0 Å². The fourth-order valence-corrected chi connectivity index (χ4v) is 3.90. The van der Waals surface area contributed by atoms with Crippen LogP contribution in [0.4, 0.5) is 0 Å². The highest BCUT2D eigenvalue weighted by Crippen LogP contribution is 2.35. The van der Waals surface area contributed by atoms with Crippen LogP contribution in [0.1, 0.15) is 39.0 Å². The quantitative estimate of drug-likeness (QED) is 0.809. The Kier molecular flexibility index (Phi) is 3.42. The van der Waals surface area contributed by atoms with Crippen LogP contribution in [-0.4, -0.2) is 49.3 Å². The van der Waals surface area contributed by atoms with Crippen molar-refractivity contribution in [1.29, 1.82) is 0 Å². The lowest BCUT2D eigenvalue weighted by atomic mass is 9.89. The van der Waals surface area contributed by atoms with Crippen molar-refractivity contribution < 1.29 is 4.74 Å². The van der Waals surface area contributed by atoms with Crippen LogP contribution in [0, 0.1) is 5.92 Å². The summed E-state index contributed by atoms with van der Waals surface area (Å²) in [6.07, 6.45) is 7.66. The van der Waals surface area contributed by atoms with Gasteiger partial charge < -0.3 is 15.0 Å². The fraction of sp³-hybridized carbons (Fsp3) is 1.00. The van der Waals surface area contributed by atoms with E-state index in [0.717, 1.165) is 5.92 Å². The predicted octanol–water partition coefficient (Wildman–Crippen LogP) is 1.63. The van der Waals surface area contributed by atoms with Crippen LogP contribution in [-0.2, 0) is 4.74 Å². The van der Waals surface area contributed by atoms with E-state index < -0.39 is 0 Å². The molecule has 3 fully saturated rings. The van der Waals surface area contributed by atoms with Crippen molar-refractivity contribution in [3.8, 4) is 0 Å². The summed E-state index contributed by atoms with van der Waals surface area (Å²) in [6, 6.07) is 1.28. The van der Waals surface area contributed by atoms with Crippen molar-refractivity contribution in [3.63, 3.8) is 0 Å². The van der Waals surface area contributed by atoms with E-state index in [9.17, 15) is 0 Å². The summed E-state index contributed by atoms with van der Waals surface area (Å²) >= 11 is 0. The number of hydrogen-bond donors (Lipinski definition) is 1. The molecular formula is C14H26N2O. The van der Waals surface area contributed by atoms with Crippen molar-refractivity contribution in [3.05, 3.63) is 0 Å². The molecule has 3 aliphatic rings. The number of likely N-dealkylation sites (tertiary alicyclic amines) is 1. The van der Waals surface area contributed by atoms with E-state index in [1.165, 1.54) is 45.2 Å². The van der Waals surface area contributed by atoms with Gasteiger partial charge in [0.05, 0.1) is 12.2 Å². The molecule has 0 spiro atoms. The first kappa shape index (κ1) is 11.9. The van der Waals surface area contributed by atoms with Crippen LogP contribution in [0.25, 0.3) is 0 Å². The first-order valence-corrected chi connectivity index (χ1v) is 7.32. The molecule has 0 aliphatic carbocycles. The maximum Gasteiger partial charge on any atom is 0.0733 e. The monoisotopic (exact) mass is 238 g/mol. The van der Waals surface area contributed by atoms with Crippen LogP contribution < -0.4 is 5.32 Å². The number of hydrogen-bond acceptors (Lipinski definition) is 3. The number of nitrogens with zero attached hydrogens (tertiary/aromatic N) is 1. The van der Waals surface area contributed by atoms with Crippen LogP contribution in [0.2, 0.25) is 0 Å². The second-order valence-electron chi connectivity index (χ2n) is 6.34. The average Bonchev–Trinajstić information content (AvgIpc) is 2.91. The third-order valence-corrected chi connectivity index (χ3v) is 4.95. The molecule has 3 saturated heterocycles. The van der Waals surface area contributed by atoms with Crippen molar-refractivity contribution in [2.24, 2.45) is 5.92 Å². The van der Waals surface area contributed by atoms with Gasteiger partial charge in [0.2, 0.25) is 0 Å². The Labute approximate surface area is 105 Å². The molecule has 3 nitrogen and oxygen atoms in total. The van der Waals surface area contributed by atoms with E-state index >= 15 is 0 Å². The number of nitrogens with one attached hydrogen (secondary N) is 1. The standard InChI is InChI=1S/C14H26N2O/c1-10(11-4-3-7-16(2)9-11)15-13-8-12-5-6-14(13)17-12/h10-15H,3-9H2,1-2H3. The molecule has 0 aromatic carbocycles. The zero-order chi connectivity index (χ0) is 11.8. The molecule has 3 aliphatic heterocycles. The summed E-state index contributed by atoms with van der Waals surface area (Å²) in [4.78, 5) is 2.48. The summed E-state index contributed by atoms with van der Waals surface area (Å²) in [5, 5.41) is 3.85. The van der Waals surface area contributed by atoms with Crippen LogP contribution in [0.15, 0.2) is 0 Å². The molecule has 0 aromatic heterocycles. The minimum atomic E-state index is 0.517. The highest BCUT2D eigenvalue weighted by Gasteiger charge is 2.41. The van der Waals surface area contributed by atoms with E-state index in [4.69, 9.17) is 4.74 Å². The van der Waals surface area contributed by atoms with E-state index in [0.29, 0.717) is 24.3 Å². The number of rotatable bonds is 3. The summed E-state index contributed by atoms with van der Waals surface area (Å²) in [6.45, 7) is 4.91. The Morgan fingerprint density at radius 3 is 2.82 bits per heavy atom. The molecule has 3 heterocycles. The van der Waals surface area contributed by atoms with Crippen molar-refractivity contribution in [2.75, 3.05) is 20.1 Å². The van der Waals surface area contributed by atoms with E-state index in [1.54, 1.807) is 0 Å². The zero-order valence-electron chi connectivity index (χ0n) is 11.2. The van der Waals surface area contributed by atoms with Gasteiger partial charge >= 0.3 is 0 Å². The van der Waals surface area contributed by atoms with Gasteiger partial charge in [0, 0.05) is 18.6 Å². The Morgan fingerprint density at radius 1 is 1.29 bits per heavy atom.